The summed E-state index contributed by atoms with van der Waals surface area (Å²) in [6.45, 7) is 1.84. The van der Waals surface area contributed by atoms with Crippen LogP contribution in [0.1, 0.15) is 17.3 Å². The van der Waals surface area contributed by atoms with Crippen molar-refractivity contribution in [2.45, 2.75) is 13.5 Å². The van der Waals surface area contributed by atoms with Crippen molar-refractivity contribution in [3.8, 4) is 11.4 Å². The normalized spacial score (nSPS) is 11.7. The molecule has 0 bridgehead atoms. The second-order valence-corrected chi connectivity index (χ2v) is 6.86. The number of carbonyl (C=O) groups excluding carboxylic acids is 1. The van der Waals surface area contributed by atoms with Crippen LogP contribution in [0.25, 0.3) is 11.4 Å². The van der Waals surface area contributed by atoms with Gasteiger partial charge in [0, 0.05) is 25.2 Å². The largest absolute Gasteiger partial charge is 0.298 e. The first-order valence-corrected chi connectivity index (χ1v) is 8.00. The van der Waals surface area contributed by atoms with Gasteiger partial charge in [0.05, 0.1) is 23.6 Å². The third-order valence-corrected chi connectivity index (χ3v) is 4.74. The van der Waals surface area contributed by atoms with E-state index >= 15 is 0 Å². The number of aldehydes is 1. The van der Waals surface area contributed by atoms with Gasteiger partial charge >= 0.3 is 0 Å². The Hall–Kier alpha value is -1.96. The van der Waals surface area contributed by atoms with Gasteiger partial charge < -0.3 is 0 Å². The minimum Gasteiger partial charge on any atom is -0.298 e. The molecular formula is C12H16N4O3S. The van der Waals surface area contributed by atoms with E-state index < -0.39 is 9.84 Å². The maximum absolute atomic E-state index is 11.5. The van der Waals surface area contributed by atoms with Gasteiger partial charge in [-0.25, -0.2) is 8.42 Å². The number of carbonyl (C=O) groups is 1. The van der Waals surface area contributed by atoms with Gasteiger partial charge in [-0.1, -0.05) is 6.92 Å². The van der Waals surface area contributed by atoms with E-state index in [0.29, 0.717) is 23.2 Å². The molecule has 8 heteroatoms. The first-order valence-electron chi connectivity index (χ1n) is 6.18. The van der Waals surface area contributed by atoms with E-state index in [-0.39, 0.29) is 18.1 Å². The quantitative estimate of drug-likeness (QED) is 0.726. The zero-order valence-electron chi connectivity index (χ0n) is 11.4. The fourth-order valence-corrected chi connectivity index (χ4v) is 2.57. The second-order valence-electron chi connectivity index (χ2n) is 4.39. The lowest BCUT2D eigenvalue weighted by atomic mass is 10.2. The molecule has 0 N–H and O–H groups in total. The van der Waals surface area contributed by atoms with Crippen molar-refractivity contribution in [3.05, 3.63) is 24.0 Å². The van der Waals surface area contributed by atoms with Gasteiger partial charge in [-0.2, -0.15) is 10.2 Å². The SMILES string of the molecule is CCS(=O)(=O)CCn1cc(C=O)c(-c2ccnn2C)n1. The standard InChI is InChI=1S/C12H16N4O3S/c1-3-20(18,19)7-6-16-8-10(9-17)12(14-16)11-4-5-13-15(11)2/h4-5,8-9H,3,6-7H2,1-2H3. The molecule has 0 aliphatic carbocycles. The molecule has 0 radical (unpaired) electrons. The summed E-state index contributed by atoms with van der Waals surface area (Å²) in [7, 11) is -1.30. The van der Waals surface area contributed by atoms with E-state index in [9.17, 15) is 13.2 Å². The van der Waals surface area contributed by atoms with Crippen LogP contribution in [0.5, 0.6) is 0 Å². The summed E-state index contributed by atoms with van der Waals surface area (Å²) >= 11 is 0. The maximum Gasteiger partial charge on any atom is 0.153 e. The minimum absolute atomic E-state index is 0.00824. The Balaban J connectivity index is 2.28. The summed E-state index contributed by atoms with van der Waals surface area (Å²) in [5.41, 5.74) is 1.64. The van der Waals surface area contributed by atoms with Gasteiger partial charge in [0.1, 0.15) is 5.69 Å². The zero-order valence-corrected chi connectivity index (χ0v) is 12.2. The molecule has 0 saturated carbocycles. The van der Waals surface area contributed by atoms with Crippen molar-refractivity contribution >= 4 is 16.1 Å². The van der Waals surface area contributed by atoms with Gasteiger partial charge in [0.15, 0.2) is 16.1 Å². The Bertz CT molecular complexity index is 715. The predicted octanol–water partition coefficient (Wildman–Crippen LogP) is 0.531. The minimum atomic E-state index is -3.06. The van der Waals surface area contributed by atoms with Crippen LogP contribution >= 0.6 is 0 Å². The molecular weight excluding hydrogens is 280 g/mol. The number of hydrogen-bond acceptors (Lipinski definition) is 5. The van der Waals surface area contributed by atoms with Crippen molar-refractivity contribution < 1.29 is 13.2 Å². The average Bonchev–Trinajstić information content (AvgIpc) is 3.02. The fraction of sp³-hybridized carbons (Fsp3) is 0.417. The number of sulfone groups is 1. The molecule has 0 aliphatic rings. The van der Waals surface area contributed by atoms with Crippen LogP contribution in [0.4, 0.5) is 0 Å². The van der Waals surface area contributed by atoms with Gasteiger partial charge in [-0.05, 0) is 6.07 Å². The van der Waals surface area contributed by atoms with Crippen LogP contribution in [0.15, 0.2) is 18.5 Å². The van der Waals surface area contributed by atoms with E-state index in [2.05, 4.69) is 10.2 Å². The monoisotopic (exact) mass is 296 g/mol. The summed E-state index contributed by atoms with van der Waals surface area (Å²) < 4.78 is 26.1. The molecule has 0 spiro atoms. The van der Waals surface area contributed by atoms with Crippen molar-refractivity contribution in [2.75, 3.05) is 11.5 Å². The highest BCUT2D eigenvalue weighted by Crippen LogP contribution is 2.19. The van der Waals surface area contributed by atoms with Crippen LogP contribution in [0.3, 0.4) is 0 Å². The van der Waals surface area contributed by atoms with Crippen molar-refractivity contribution in [2.24, 2.45) is 7.05 Å². The third-order valence-electron chi connectivity index (χ3n) is 3.05. The molecule has 0 saturated heterocycles. The van der Waals surface area contributed by atoms with Gasteiger partial charge in [-0.3, -0.25) is 14.2 Å². The van der Waals surface area contributed by atoms with Crippen LogP contribution < -0.4 is 0 Å². The van der Waals surface area contributed by atoms with Crippen LogP contribution in [0, 0.1) is 0 Å². The van der Waals surface area contributed by atoms with E-state index in [0.717, 1.165) is 0 Å². The lowest BCUT2D eigenvalue weighted by molar-refractivity contribution is 0.112. The Labute approximate surface area is 117 Å². The van der Waals surface area contributed by atoms with Gasteiger partial charge in [0.2, 0.25) is 0 Å². The lowest BCUT2D eigenvalue weighted by Gasteiger charge is -2.02. The van der Waals surface area contributed by atoms with Crippen molar-refractivity contribution in [1.82, 2.24) is 19.6 Å². The molecule has 2 rings (SSSR count). The summed E-state index contributed by atoms with van der Waals surface area (Å²) in [5.74, 6) is 0.109. The number of rotatable bonds is 6. The number of nitrogens with zero attached hydrogens (tertiary/aromatic N) is 4. The number of hydrogen-bond donors (Lipinski definition) is 0. The molecule has 2 aromatic heterocycles. The van der Waals surface area contributed by atoms with Crippen LogP contribution in [0.2, 0.25) is 0 Å². The third kappa shape index (κ3) is 2.96. The first-order chi connectivity index (χ1) is 9.46. The van der Waals surface area contributed by atoms with Gasteiger partial charge in [0.25, 0.3) is 0 Å². The number of aryl methyl sites for hydroxylation is 2. The molecule has 0 amide bonds. The molecule has 108 valence electrons. The van der Waals surface area contributed by atoms with Crippen molar-refractivity contribution in [1.29, 1.82) is 0 Å². The van der Waals surface area contributed by atoms with E-state index in [1.165, 1.54) is 4.68 Å². The molecule has 0 fully saturated rings. The molecule has 0 unspecified atom stereocenters. The zero-order chi connectivity index (χ0) is 14.8. The first kappa shape index (κ1) is 14.4. The Morgan fingerprint density at radius 2 is 2.15 bits per heavy atom. The summed E-state index contributed by atoms with van der Waals surface area (Å²) in [6.07, 6.45) is 3.88. The molecule has 0 aliphatic heterocycles. The molecule has 2 aromatic rings. The maximum atomic E-state index is 11.5. The summed E-state index contributed by atoms with van der Waals surface area (Å²) in [5, 5.41) is 8.31. The fourth-order valence-electron chi connectivity index (χ4n) is 1.82. The highest BCUT2D eigenvalue weighted by atomic mass is 32.2. The van der Waals surface area contributed by atoms with Gasteiger partial charge in [-0.15, -0.1) is 0 Å². The second kappa shape index (κ2) is 5.58. The average molecular weight is 296 g/mol. The molecule has 20 heavy (non-hydrogen) atoms. The Morgan fingerprint density at radius 3 is 2.70 bits per heavy atom. The summed E-state index contributed by atoms with van der Waals surface area (Å²) in [4.78, 5) is 11.1. The lowest BCUT2D eigenvalue weighted by Crippen LogP contribution is -2.15. The van der Waals surface area contributed by atoms with Crippen molar-refractivity contribution in [3.63, 3.8) is 0 Å². The summed E-state index contributed by atoms with van der Waals surface area (Å²) in [6, 6.07) is 1.75. The topological polar surface area (TPSA) is 86.9 Å². The molecule has 0 atom stereocenters. The number of aromatic nitrogens is 4. The highest BCUT2D eigenvalue weighted by Gasteiger charge is 2.15. The van der Waals surface area contributed by atoms with Crippen LogP contribution in [-0.2, 0) is 23.4 Å². The molecule has 7 nitrogen and oxygen atoms in total. The van der Waals surface area contributed by atoms with Crippen LogP contribution in [-0.4, -0.2) is 45.8 Å². The molecule has 0 aromatic carbocycles. The van der Waals surface area contributed by atoms with E-state index in [1.54, 1.807) is 37.1 Å². The molecule has 2 heterocycles. The Kier molecular flexibility index (Phi) is 4.03. The predicted molar refractivity (Wildman–Crippen MR) is 74.1 cm³/mol. The van der Waals surface area contributed by atoms with E-state index in [1.807, 2.05) is 0 Å². The van der Waals surface area contributed by atoms with E-state index in [4.69, 9.17) is 0 Å². The Morgan fingerprint density at radius 1 is 1.40 bits per heavy atom. The smallest absolute Gasteiger partial charge is 0.153 e. The highest BCUT2D eigenvalue weighted by molar-refractivity contribution is 7.91.